The van der Waals surface area contributed by atoms with Gasteiger partial charge in [-0.05, 0) is 48.5 Å². The summed E-state index contributed by atoms with van der Waals surface area (Å²) >= 11 is 5.97. The van der Waals surface area contributed by atoms with E-state index in [1.54, 1.807) is 48.5 Å². The summed E-state index contributed by atoms with van der Waals surface area (Å²) in [7, 11) is 0. The molecule has 0 radical (unpaired) electrons. The van der Waals surface area contributed by atoms with E-state index in [-0.39, 0.29) is 18.4 Å². The third-order valence-electron chi connectivity index (χ3n) is 3.44. The number of amides is 2. The van der Waals surface area contributed by atoms with Crippen LogP contribution in [-0.4, -0.2) is 18.4 Å². The number of hydrogen-bond donors (Lipinski definition) is 2. The number of nitrogens with one attached hydrogen (secondary N) is 2. The van der Waals surface area contributed by atoms with Gasteiger partial charge in [-0.15, -0.1) is 0 Å². The summed E-state index contributed by atoms with van der Waals surface area (Å²) < 4.78 is 5.58. The SMILES string of the molecule is CC(=O)Nc1ccc(NC(=O)C2=Cc3cc(Cl)ccc3OC2)cc1. The third kappa shape index (κ3) is 3.75. The molecular formula is C18H15ClN2O3. The van der Waals surface area contributed by atoms with Crippen LogP contribution in [0.15, 0.2) is 48.0 Å². The molecule has 0 aromatic heterocycles. The monoisotopic (exact) mass is 342 g/mol. The molecule has 0 unspecified atom stereocenters. The molecule has 0 fully saturated rings. The lowest BCUT2D eigenvalue weighted by Crippen LogP contribution is -2.21. The maximum Gasteiger partial charge on any atom is 0.255 e. The molecule has 0 aliphatic carbocycles. The highest BCUT2D eigenvalue weighted by Crippen LogP contribution is 2.29. The van der Waals surface area contributed by atoms with E-state index in [1.165, 1.54) is 6.92 Å². The van der Waals surface area contributed by atoms with Crippen LogP contribution in [0.4, 0.5) is 11.4 Å². The van der Waals surface area contributed by atoms with E-state index in [0.29, 0.717) is 27.7 Å². The highest BCUT2D eigenvalue weighted by Gasteiger charge is 2.17. The van der Waals surface area contributed by atoms with Crippen molar-refractivity contribution in [1.82, 2.24) is 0 Å². The summed E-state index contributed by atoms with van der Waals surface area (Å²) in [4.78, 5) is 23.4. The number of benzene rings is 2. The summed E-state index contributed by atoms with van der Waals surface area (Å²) in [5.41, 5.74) is 2.59. The van der Waals surface area contributed by atoms with E-state index in [1.807, 2.05) is 0 Å². The molecule has 0 saturated carbocycles. The van der Waals surface area contributed by atoms with Gasteiger partial charge in [0.2, 0.25) is 5.91 Å². The average Bonchev–Trinajstić information content (AvgIpc) is 2.55. The van der Waals surface area contributed by atoms with Crippen molar-refractivity contribution in [3.8, 4) is 5.75 Å². The molecule has 5 nitrogen and oxygen atoms in total. The number of ether oxygens (including phenoxy) is 1. The zero-order valence-electron chi connectivity index (χ0n) is 12.9. The molecule has 1 heterocycles. The molecule has 2 aromatic carbocycles. The average molecular weight is 343 g/mol. The molecule has 0 atom stereocenters. The molecular weight excluding hydrogens is 328 g/mol. The van der Waals surface area contributed by atoms with Gasteiger partial charge in [0, 0.05) is 28.9 Å². The first kappa shape index (κ1) is 16.1. The van der Waals surface area contributed by atoms with Crippen molar-refractivity contribution in [2.45, 2.75) is 6.92 Å². The van der Waals surface area contributed by atoms with Crippen LogP contribution in [-0.2, 0) is 9.59 Å². The zero-order chi connectivity index (χ0) is 17.1. The molecule has 0 saturated heterocycles. The van der Waals surface area contributed by atoms with Gasteiger partial charge in [-0.25, -0.2) is 0 Å². The molecule has 3 rings (SSSR count). The lowest BCUT2D eigenvalue weighted by atomic mass is 10.1. The predicted octanol–water partition coefficient (Wildman–Crippen LogP) is 3.71. The largest absolute Gasteiger partial charge is 0.488 e. The van der Waals surface area contributed by atoms with Crippen molar-refractivity contribution < 1.29 is 14.3 Å². The van der Waals surface area contributed by atoms with Gasteiger partial charge in [0.25, 0.3) is 5.91 Å². The van der Waals surface area contributed by atoms with Crippen LogP contribution in [0.3, 0.4) is 0 Å². The van der Waals surface area contributed by atoms with Gasteiger partial charge >= 0.3 is 0 Å². The summed E-state index contributed by atoms with van der Waals surface area (Å²) in [6.07, 6.45) is 1.77. The van der Waals surface area contributed by atoms with E-state index < -0.39 is 0 Å². The van der Waals surface area contributed by atoms with Crippen LogP contribution in [0.5, 0.6) is 5.75 Å². The van der Waals surface area contributed by atoms with Crippen molar-refractivity contribution >= 4 is 40.9 Å². The molecule has 1 aliphatic rings. The molecule has 2 amide bonds. The van der Waals surface area contributed by atoms with Crippen LogP contribution in [0.2, 0.25) is 5.02 Å². The number of anilines is 2. The van der Waals surface area contributed by atoms with Crippen molar-refractivity contribution in [1.29, 1.82) is 0 Å². The van der Waals surface area contributed by atoms with Crippen LogP contribution >= 0.6 is 11.6 Å². The zero-order valence-corrected chi connectivity index (χ0v) is 13.7. The number of carbonyl (C=O) groups is 2. The maximum absolute atomic E-state index is 12.4. The summed E-state index contributed by atoms with van der Waals surface area (Å²) in [5, 5.41) is 6.06. The van der Waals surface area contributed by atoms with Crippen LogP contribution in [0.25, 0.3) is 6.08 Å². The quantitative estimate of drug-likeness (QED) is 0.893. The van der Waals surface area contributed by atoms with E-state index in [4.69, 9.17) is 16.3 Å². The Morgan fingerprint density at radius 1 is 1.04 bits per heavy atom. The Kier molecular flexibility index (Phi) is 4.53. The Balaban J connectivity index is 1.72. The second-order valence-corrected chi connectivity index (χ2v) is 5.79. The molecule has 24 heavy (non-hydrogen) atoms. The van der Waals surface area contributed by atoms with Crippen molar-refractivity contribution in [2.75, 3.05) is 17.2 Å². The minimum absolute atomic E-state index is 0.145. The molecule has 1 aliphatic heterocycles. The molecule has 0 spiro atoms. The number of hydrogen-bond acceptors (Lipinski definition) is 3. The van der Waals surface area contributed by atoms with Crippen molar-refractivity contribution in [3.05, 3.63) is 58.6 Å². The van der Waals surface area contributed by atoms with E-state index >= 15 is 0 Å². The summed E-state index contributed by atoms with van der Waals surface area (Å²) in [6, 6.07) is 12.2. The summed E-state index contributed by atoms with van der Waals surface area (Å²) in [5.74, 6) is 0.317. The topological polar surface area (TPSA) is 67.4 Å². The molecule has 2 aromatic rings. The Morgan fingerprint density at radius 2 is 1.71 bits per heavy atom. The Bertz CT molecular complexity index is 829. The van der Waals surface area contributed by atoms with Crippen LogP contribution in [0.1, 0.15) is 12.5 Å². The Hall–Kier alpha value is -2.79. The number of carbonyl (C=O) groups excluding carboxylic acids is 2. The van der Waals surface area contributed by atoms with Gasteiger partial charge in [0.05, 0.1) is 5.57 Å². The highest BCUT2D eigenvalue weighted by molar-refractivity contribution is 6.30. The highest BCUT2D eigenvalue weighted by atomic mass is 35.5. The molecule has 6 heteroatoms. The van der Waals surface area contributed by atoms with Gasteiger partial charge in [-0.1, -0.05) is 11.6 Å². The lowest BCUT2D eigenvalue weighted by molar-refractivity contribution is -0.114. The fourth-order valence-electron chi connectivity index (χ4n) is 2.33. The number of fused-ring (bicyclic) bond motifs is 1. The summed E-state index contributed by atoms with van der Waals surface area (Å²) in [6.45, 7) is 1.64. The van der Waals surface area contributed by atoms with Gasteiger partial charge in [0.1, 0.15) is 12.4 Å². The standard InChI is InChI=1S/C18H15ClN2O3/c1-11(22)20-15-3-5-16(6-4-15)21-18(23)13-8-12-9-14(19)2-7-17(12)24-10-13/h2-9H,10H2,1H3,(H,20,22)(H,21,23). The first-order chi connectivity index (χ1) is 11.5. The molecule has 122 valence electrons. The third-order valence-corrected chi connectivity index (χ3v) is 3.67. The fourth-order valence-corrected chi connectivity index (χ4v) is 2.51. The van der Waals surface area contributed by atoms with Crippen LogP contribution in [0, 0.1) is 0 Å². The number of halogens is 1. The smallest absolute Gasteiger partial charge is 0.255 e. The van der Waals surface area contributed by atoms with Gasteiger partial charge in [-0.2, -0.15) is 0 Å². The predicted molar refractivity (Wildman–Crippen MR) is 94.3 cm³/mol. The van der Waals surface area contributed by atoms with E-state index in [9.17, 15) is 9.59 Å². The van der Waals surface area contributed by atoms with Crippen LogP contribution < -0.4 is 15.4 Å². The lowest BCUT2D eigenvalue weighted by Gasteiger charge is -2.18. The van der Waals surface area contributed by atoms with E-state index in [0.717, 1.165) is 5.56 Å². The second-order valence-electron chi connectivity index (χ2n) is 5.35. The van der Waals surface area contributed by atoms with E-state index in [2.05, 4.69) is 10.6 Å². The maximum atomic E-state index is 12.4. The first-order valence-corrected chi connectivity index (χ1v) is 7.71. The van der Waals surface area contributed by atoms with Gasteiger partial charge in [0.15, 0.2) is 0 Å². The Morgan fingerprint density at radius 3 is 2.38 bits per heavy atom. The van der Waals surface area contributed by atoms with Crippen molar-refractivity contribution in [2.24, 2.45) is 0 Å². The normalized spacial score (nSPS) is 12.5. The minimum atomic E-state index is -0.243. The van der Waals surface area contributed by atoms with Crippen molar-refractivity contribution in [3.63, 3.8) is 0 Å². The number of rotatable bonds is 3. The molecule has 2 N–H and O–H groups in total. The van der Waals surface area contributed by atoms with Gasteiger partial charge in [-0.3, -0.25) is 9.59 Å². The fraction of sp³-hybridized carbons (Fsp3) is 0.111. The minimum Gasteiger partial charge on any atom is -0.488 e. The molecule has 0 bridgehead atoms. The van der Waals surface area contributed by atoms with Gasteiger partial charge < -0.3 is 15.4 Å². The Labute approximate surface area is 144 Å². The first-order valence-electron chi connectivity index (χ1n) is 7.33. The second kappa shape index (κ2) is 6.76.